The fourth-order valence-corrected chi connectivity index (χ4v) is 3.16. The van der Waals surface area contributed by atoms with E-state index >= 15 is 0 Å². The van der Waals surface area contributed by atoms with Crippen molar-refractivity contribution >= 4 is 39.7 Å². The maximum atomic E-state index is 12.4. The molecule has 3 aromatic carbocycles. The van der Waals surface area contributed by atoms with Crippen LogP contribution in [0.15, 0.2) is 76.3 Å². The summed E-state index contributed by atoms with van der Waals surface area (Å²) in [6, 6.07) is 17.3. The van der Waals surface area contributed by atoms with Crippen LogP contribution in [0.1, 0.15) is 15.9 Å². The second-order valence-corrected chi connectivity index (χ2v) is 7.44. The van der Waals surface area contributed by atoms with Crippen LogP contribution in [0.3, 0.4) is 0 Å². The van der Waals surface area contributed by atoms with E-state index in [1.54, 1.807) is 42.5 Å². The predicted octanol–water partition coefficient (Wildman–Crippen LogP) is 4.11. The standard InChI is InChI=1S/C23H18BrN3O7/c1-32-21-12-15(10-11-20(21)34-23(29)16-6-2-3-7-17(16)24)13-25-26-22(28)14-33-19-9-5-4-8-18(19)27(30)31/h2-13H,14H2,1H3,(H,26,28). The Morgan fingerprint density at radius 1 is 1.06 bits per heavy atom. The summed E-state index contributed by atoms with van der Waals surface area (Å²) < 4.78 is 16.5. The number of hydrogen-bond donors (Lipinski definition) is 1. The molecule has 0 aliphatic carbocycles. The number of hydrazone groups is 1. The van der Waals surface area contributed by atoms with E-state index in [1.807, 2.05) is 0 Å². The molecule has 0 bridgehead atoms. The van der Waals surface area contributed by atoms with Crippen molar-refractivity contribution in [2.45, 2.75) is 0 Å². The number of hydrogen-bond acceptors (Lipinski definition) is 8. The van der Waals surface area contributed by atoms with Crippen molar-refractivity contribution in [3.8, 4) is 17.2 Å². The maximum absolute atomic E-state index is 12.4. The second-order valence-electron chi connectivity index (χ2n) is 6.59. The Bertz CT molecular complexity index is 1250. The number of carbonyl (C=O) groups excluding carboxylic acids is 2. The fourth-order valence-electron chi connectivity index (χ4n) is 2.71. The SMILES string of the molecule is COc1cc(C=NNC(=O)COc2ccccc2[N+](=O)[O-])ccc1OC(=O)c1ccccc1Br. The molecule has 0 saturated heterocycles. The molecule has 174 valence electrons. The van der Waals surface area contributed by atoms with Gasteiger partial charge in [0.05, 0.1) is 23.8 Å². The number of nitrogens with zero attached hydrogens (tertiary/aromatic N) is 2. The molecule has 3 rings (SSSR count). The van der Waals surface area contributed by atoms with Crippen molar-refractivity contribution < 1.29 is 28.7 Å². The lowest BCUT2D eigenvalue weighted by Gasteiger charge is -2.10. The van der Waals surface area contributed by atoms with Crippen LogP contribution in [0.4, 0.5) is 5.69 Å². The Kier molecular flexibility index (Phi) is 8.30. The lowest BCUT2D eigenvalue weighted by molar-refractivity contribution is -0.385. The van der Waals surface area contributed by atoms with Gasteiger partial charge in [0.1, 0.15) is 0 Å². The highest BCUT2D eigenvalue weighted by molar-refractivity contribution is 9.10. The van der Waals surface area contributed by atoms with E-state index in [9.17, 15) is 19.7 Å². The van der Waals surface area contributed by atoms with Gasteiger partial charge in [0, 0.05) is 10.5 Å². The summed E-state index contributed by atoms with van der Waals surface area (Å²) in [5, 5.41) is 14.8. The number of nitrogens with one attached hydrogen (secondary N) is 1. The quantitative estimate of drug-likeness (QED) is 0.145. The molecule has 0 aromatic heterocycles. The lowest BCUT2D eigenvalue weighted by atomic mass is 10.2. The van der Waals surface area contributed by atoms with Crippen molar-refractivity contribution in [1.29, 1.82) is 0 Å². The zero-order chi connectivity index (χ0) is 24.5. The molecule has 1 N–H and O–H groups in total. The van der Waals surface area contributed by atoms with Crippen LogP contribution in [0.5, 0.6) is 17.2 Å². The molecule has 34 heavy (non-hydrogen) atoms. The number of rotatable bonds is 9. The first-order valence-electron chi connectivity index (χ1n) is 9.72. The third-order valence-electron chi connectivity index (χ3n) is 4.31. The molecule has 0 fully saturated rings. The highest BCUT2D eigenvalue weighted by atomic mass is 79.9. The highest BCUT2D eigenvalue weighted by Gasteiger charge is 2.16. The molecule has 3 aromatic rings. The molecule has 0 unspecified atom stereocenters. The molecular formula is C23H18BrN3O7. The Morgan fingerprint density at radius 3 is 2.53 bits per heavy atom. The Labute approximate surface area is 202 Å². The van der Waals surface area contributed by atoms with E-state index in [0.717, 1.165) is 0 Å². The predicted molar refractivity (Wildman–Crippen MR) is 126 cm³/mol. The summed E-state index contributed by atoms with van der Waals surface area (Å²) in [5.41, 5.74) is 2.94. The number of nitro groups is 1. The minimum atomic E-state index is -0.611. The summed E-state index contributed by atoms with van der Waals surface area (Å²) in [6.07, 6.45) is 1.35. The van der Waals surface area contributed by atoms with E-state index in [4.69, 9.17) is 14.2 Å². The van der Waals surface area contributed by atoms with E-state index in [1.165, 1.54) is 37.6 Å². The zero-order valence-corrected chi connectivity index (χ0v) is 19.4. The van der Waals surface area contributed by atoms with Gasteiger partial charge in [0.15, 0.2) is 23.9 Å². The number of amides is 1. The summed E-state index contributed by atoms with van der Waals surface area (Å²) in [5.74, 6) is -0.694. The van der Waals surface area contributed by atoms with Crippen LogP contribution >= 0.6 is 15.9 Å². The molecule has 0 radical (unpaired) electrons. The molecule has 11 heteroatoms. The average Bonchev–Trinajstić information content (AvgIpc) is 2.83. The normalized spacial score (nSPS) is 10.5. The third kappa shape index (κ3) is 6.39. The van der Waals surface area contributed by atoms with Crippen LogP contribution in [0, 0.1) is 10.1 Å². The largest absolute Gasteiger partial charge is 0.493 e. The Hall–Kier alpha value is -4.25. The van der Waals surface area contributed by atoms with Crippen molar-refractivity contribution in [3.63, 3.8) is 0 Å². The van der Waals surface area contributed by atoms with E-state index in [-0.39, 0.29) is 22.9 Å². The fraction of sp³-hybridized carbons (Fsp3) is 0.0870. The molecule has 0 atom stereocenters. The number of methoxy groups -OCH3 is 1. The summed E-state index contributed by atoms with van der Waals surface area (Å²) in [7, 11) is 1.42. The topological polar surface area (TPSA) is 129 Å². The van der Waals surface area contributed by atoms with Gasteiger partial charge in [-0.15, -0.1) is 0 Å². The van der Waals surface area contributed by atoms with Gasteiger partial charge in [-0.25, -0.2) is 10.2 Å². The van der Waals surface area contributed by atoms with Gasteiger partial charge in [0.25, 0.3) is 5.91 Å². The minimum absolute atomic E-state index is 0.0240. The van der Waals surface area contributed by atoms with Gasteiger partial charge in [0.2, 0.25) is 0 Å². The smallest absolute Gasteiger partial charge is 0.344 e. The Balaban J connectivity index is 1.59. The number of nitro benzene ring substituents is 1. The van der Waals surface area contributed by atoms with Crippen LogP contribution in [-0.2, 0) is 4.79 Å². The second kappa shape index (κ2) is 11.6. The minimum Gasteiger partial charge on any atom is -0.493 e. The van der Waals surface area contributed by atoms with Gasteiger partial charge in [-0.1, -0.05) is 24.3 Å². The van der Waals surface area contributed by atoms with Crippen LogP contribution in [0.2, 0.25) is 0 Å². The monoisotopic (exact) mass is 527 g/mol. The van der Waals surface area contributed by atoms with Crippen molar-refractivity contribution in [2.24, 2.45) is 5.10 Å². The maximum Gasteiger partial charge on any atom is 0.344 e. The first-order chi connectivity index (χ1) is 16.4. The van der Waals surface area contributed by atoms with Gasteiger partial charge < -0.3 is 14.2 Å². The van der Waals surface area contributed by atoms with E-state index in [2.05, 4.69) is 26.5 Å². The summed E-state index contributed by atoms with van der Waals surface area (Å²) >= 11 is 3.31. The van der Waals surface area contributed by atoms with E-state index in [0.29, 0.717) is 15.6 Å². The van der Waals surface area contributed by atoms with Gasteiger partial charge in [-0.05, 0) is 57.9 Å². The third-order valence-corrected chi connectivity index (χ3v) is 5.00. The van der Waals surface area contributed by atoms with Crippen LogP contribution < -0.4 is 19.6 Å². The molecule has 0 aliphatic heterocycles. The number of carbonyl (C=O) groups is 2. The van der Waals surface area contributed by atoms with Crippen molar-refractivity contribution in [1.82, 2.24) is 5.43 Å². The van der Waals surface area contributed by atoms with Crippen molar-refractivity contribution in [2.75, 3.05) is 13.7 Å². The van der Waals surface area contributed by atoms with Crippen LogP contribution in [0.25, 0.3) is 0 Å². The zero-order valence-electron chi connectivity index (χ0n) is 17.8. The molecule has 1 amide bonds. The highest BCUT2D eigenvalue weighted by Crippen LogP contribution is 2.29. The summed E-state index contributed by atoms with van der Waals surface area (Å²) in [4.78, 5) is 34.7. The van der Waals surface area contributed by atoms with Crippen LogP contribution in [-0.4, -0.2) is 36.7 Å². The number of benzene rings is 3. The molecule has 0 aliphatic rings. The molecule has 10 nitrogen and oxygen atoms in total. The Morgan fingerprint density at radius 2 is 1.79 bits per heavy atom. The lowest BCUT2D eigenvalue weighted by Crippen LogP contribution is -2.24. The molecule has 0 heterocycles. The number of esters is 1. The molecular weight excluding hydrogens is 510 g/mol. The number of ether oxygens (including phenoxy) is 3. The molecule has 0 saturated carbocycles. The average molecular weight is 528 g/mol. The first-order valence-corrected chi connectivity index (χ1v) is 10.5. The number of para-hydroxylation sites is 2. The van der Waals surface area contributed by atoms with Crippen molar-refractivity contribution in [3.05, 3.63) is 92.4 Å². The molecule has 0 spiro atoms. The van der Waals surface area contributed by atoms with Gasteiger partial charge in [-0.2, -0.15) is 5.10 Å². The number of halogens is 1. The van der Waals surface area contributed by atoms with Gasteiger partial charge >= 0.3 is 11.7 Å². The first kappa shape index (κ1) is 24.4. The van der Waals surface area contributed by atoms with E-state index < -0.39 is 23.4 Å². The van der Waals surface area contributed by atoms with Gasteiger partial charge in [-0.3, -0.25) is 14.9 Å². The summed E-state index contributed by atoms with van der Waals surface area (Å²) in [6.45, 7) is -0.463.